The van der Waals surface area contributed by atoms with Crippen LogP contribution in [-0.4, -0.2) is 49.2 Å². The van der Waals surface area contributed by atoms with Gasteiger partial charge in [0, 0.05) is 19.2 Å². The number of nitro benzene ring substituents is 1. The van der Waals surface area contributed by atoms with Crippen molar-refractivity contribution in [1.29, 1.82) is 0 Å². The van der Waals surface area contributed by atoms with Crippen LogP contribution in [0.25, 0.3) is 0 Å². The Morgan fingerprint density at radius 2 is 1.75 bits per heavy atom. The van der Waals surface area contributed by atoms with Crippen LogP contribution in [0.1, 0.15) is 35.2 Å². The zero-order valence-electron chi connectivity index (χ0n) is 17.4. The zero-order valence-corrected chi connectivity index (χ0v) is 18.3. The number of carbonyl (C=O) groups excluding carboxylic acids is 2. The first-order valence-corrected chi connectivity index (χ1v) is 11.5. The first-order valence-electron chi connectivity index (χ1n) is 10.0. The number of amides is 1. The number of hydrogen-bond acceptors (Lipinski definition) is 7. The van der Waals surface area contributed by atoms with Crippen LogP contribution in [0, 0.1) is 17.0 Å². The summed E-state index contributed by atoms with van der Waals surface area (Å²) in [6.45, 7) is 1.85. The molecule has 2 aromatic rings. The lowest BCUT2D eigenvalue weighted by molar-refractivity contribution is -0.385. The normalized spacial score (nSPS) is 14.5. The summed E-state index contributed by atoms with van der Waals surface area (Å²) in [5.74, 6) is -1.45. The van der Waals surface area contributed by atoms with Crippen LogP contribution >= 0.6 is 0 Å². The lowest BCUT2D eigenvalue weighted by Crippen LogP contribution is -2.35. The van der Waals surface area contributed by atoms with Crippen LogP contribution in [0.2, 0.25) is 0 Å². The molecule has 1 heterocycles. The Labute approximate surface area is 185 Å². The third-order valence-electron chi connectivity index (χ3n) is 5.15. The van der Waals surface area contributed by atoms with E-state index in [4.69, 9.17) is 4.74 Å². The number of benzene rings is 2. The van der Waals surface area contributed by atoms with Crippen LogP contribution in [0.4, 0.5) is 11.4 Å². The second kappa shape index (κ2) is 9.88. The van der Waals surface area contributed by atoms with Gasteiger partial charge in [-0.1, -0.05) is 12.5 Å². The highest BCUT2D eigenvalue weighted by Crippen LogP contribution is 2.25. The summed E-state index contributed by atoms with van der Waals surface area (Å²) >= 11 is 0. The molecule has 32 heavy (non-hydrogen) atoms. The van der Waals surface area contributed by atoms with Gasteiger partial charge in [0.2, 0.25) is 10.0 Å². The Bertz CT molecular complexity index is 1120. The van der Waals surface area contributed by atoms with E-state index in [2.05, 4.69) is 5.32 Å². The SMILES string of the molecule is Cc1c(NC(=O)COC(=O)c2ccc(S(=O)(=O)N3CCCCC3)cc2)cccc1[N+](=O)[O-]. The number of ether oxygens (including phenoxy) is 1. The highest BCUT2D eigenvalue weighted by Gasteiger charge is 2.26. The van der Waals surface area contributed by atoms with Gasteiger partial charge in [-0.3, -0.25) is 14.9 Å². The van der Waals surface area contributed by atoms with Crippen molar-refractivity contribution in [3.05, 3.63) is 63.7 Å². The van der Waals surface area contributed by atoms with E-state index in [9.17, 15) is 28.1 Å². The molecule has 0 radical (unpaired) electrons. The highest BCUT2D eigenvalue weighted by atomic mass is 32.2. The maximum Gasteiger partial charge on any atom is 0.338 e. The van der Waals surface area contributed by atoms with E-state index in [1.165, 1.54) is 53.7 Å². The number of hydrogen-bond donors (Lipinski definition) is 1. The Balaban J connectivity index is 1.59. The van der Waals surface area contributed by atoms with Crippen LogP contribution in [0.5, 0.6) is 0 Å². The molecule has 170 valence electrons. The van der Waals surface area contributed by atoms with Crippen molar-refractivity contribution in [1.82, 2.24) is 4.31 Å². The maximum absolute atomic E-state index is 12.7. The molecular weight excluding hydrogens is 438 g/mol. The topological polar surface area (TPSA) is 136 Å². The first-order chi connectivity index (χ1) is 15.2. The number of rotatable bonds is 7. The van der Waals surface area contributed by atoms with Gasteiger partial charge in [0.15, 0.2) is 6.61 Å². The van der Waals surface area contributed by atoms with Gasteiger partial charge < -0.3 is 10.1 Å². The Kier molecular flexibility index (Phi) is 7.21. The molecule has 1 aliphatic heterocycles. The molecule has 0 aromatic heterocycles. The summed E-state index contributed by atoms with van der Waals surface area (Å²) in [4.78, 5) is 34.9. The Hall–Kier alpha value is -3.31. The van der Waals surface area contributed by atoms with Crippen molar-refractivity contribution < 1.29 is 27.7 Å². The summed E-state index contributed by atoms with van der Waals surface area (Å²) < 4.78 is 31.7. The average Bonchev–Trinajstić information content (AvgIpc) is 2.79. The van der Waals surface area contributed by atoms with Crippen LogP contribution in [0.15, 0.2) is 47.4 Å². The second-order valence-corrected chi connectivity index (χ2v) is 9.26. The van der Waals surface area contributed by atoms with Crippen molar-refractivity contribution in [2.24, 2.45) is 0 Å². The molecule has 0 saturated carbocycles. The van der Waals surface area contributed by atoms with E-state index in [0.29, 0.717) is 13.1 Å². The average molecular weight is 461 g/mol. The van der Waals surface area contributed by atoms with E-state index in [-0.39, 0.29) is 27.4 Å². The molecule has 10 nitrogen and oxygen atoms in total. The lowest BCUT2D eigenvalue weighted by atomic mass is 10.1. The standard InChI is InChI=1S/C21H23N3O7S/c1-15-18(6-5-7-19(15)24(27)28)22-20(25)14-31-21(26)16-8-10-17(11-9-16)32(29,30)23-12-3-2-4-13-23/h5-11H,2-4,12-14H2,1H3,(H,22,25). The molecule has 0 aliphatic carbocycles. The van der Waals surface area contributed by atoms with Crippen LogP contribution < -0.4 is 5.32 Å². The summed E-state index contributed by atoms with van der Waals surface area (Å²) in [5, 5.41) is 13.5. The largest absolute Gasteiger partial charge is 0.452 e. The van der Waals surface area contributed by atoms with Crippen molar-refractivity contribution in [2.75, 3.05) is 25.0 Å². The van der Waals surface area contributed by atoms with Crippen molar-refractivity contribution >= 4 is 33.3 Å². The van der Waals surface area contributed by atoms with Gasteiger partial charge in [-0.05, 0) is 50.1 Å². The molecule has 1 fully saturated rings. The number of nitrogens with one attached hydrogen (secondary N) is 1. The molecule has 1 amide bonds. The van der Waals surface area contributed by atoms with Gasteiger partial charge in [-0.15, -0.1) is 0 Å². The first kappa shape index (κ1) is 23.4. The number of carbonyl (C=O) groups is 2. The van der Waals surface area contributed by atoms with Crippen molar-refractivity contribution in [3.63, 3.8) is 0 Å². The minimum atomic E-state index is -3.61. The molecule has 11 heteroatoms. The molecule has 3 rings (SSSR count). The number of nitro groups is 1. The van der Waals surface area contributed by atoms with Gasteiger partial charge in [0.1, 0.15) is 0 Å². The van der Waals surface area contributed by atoms with E-state index < -0.39 is 33.4 Å². The lowest BCUT2D eigenvalue weighted by Gasteiger charge is -2.25. The zero-order chi connectivity index (χ0) is 23.3. The number of esters is 1. The predicted molar refractivity (Wildman–Crippen MR) is 116 cm³/mol. The second-order valence-electron chi connectivity index (χ2n) is 7.32. The molecule has 0 atom stereocenters. The van der Waals surface area contributed by atoms with Gasteiger partial charge in [-0.25, -0.2) is 13.2 Å². The maximum atomic E-state index is 12.7. The predicted octanol–water partition coefficient (Wildman–Crippen LogP) is 2.87. The van der Waals surface area contributed by atoms with Gasteiger partial charge >= 0.3 is 5.97 Å². The molecule has 0 bridgehead atoms. The summed E-state index contributed by atoms with van der Waals surface area (Å²) in [6.07, 6.45) is 2.65. The number of sulfonamides is 1. The fourth-order valence-corrected chi connectivity index (χ4v) is 4.89. The number of anilines is 1. The van der Waals surface area contributed by atoms with Crippen LogP contribution in [-0.2, 0) is 19.6 Å². The molecule has 1 N–H and O–H groups in total. The summed E-state index contributed by atoms with van der Waals surface area (Å²) in [5.41, 5.74) is 0.483. The van der Waals surface area contributed by atoms with Gasteiger partial charge in [-0.2, -0.15) is 4.31 Å². The third kappa shape index (κ3) is 5.29. The minimum absolute atomic E-state index is 0.0924. The molecular formula is C21H23N3O7S. The van der Waals surface area contributed by atoms with E-state index in [0.717, 1.165) is 19.3 Å². The van der Waals surface area contributed by atoms with E-state index in [1.54, 1.807) is 0 Å². The summed E-state index contributed by atoms with van der Waals surface area (Å²) in [7, 11) is -3.61. The Morgan fingerprint density at radius 3 is 2.38 bits per heavy atom. The van der Waals surface area contributed by atoms with Crippen LogP contribution in [0.3, 0.4) is 0 Å². The molecule has 0 unspecified atom stereocenters. The van der Waals surface area contributed by atoms with Crippen molar-refractivity contribution in [2.45, 2.75) is 31.1 Å². The highest BCUT2D eigenvalue weighted by molar-refractivity contribution is 7.89. The van der Waals surface area contributed by atoms with Gasteiger partial charge in [0.25, 0.3) is 11.6 Å². The number of nitrogens with zero attached hydrogens (tertiary/aromatic N) is 2. The molecule has 1 aliphatic rings. The molecule has 1 saturated heterocycles. The van der Waals surface area contributed by atoms with Gasteiger partial charge in [0.05, 0.1) is 26.6 Å². The molecule has 0 spiro atoms. The molecule has 2 aromatic carbocycles. The van der Waals surface area contributed by atoms with Crippen molar-refractivity contribution in [3.8, 4) is 0 Å². The fourth-order valence-electron chi connectivity index (χ4n) is 3.37. The van der Waals surface area contributed by atoms with E-state index in [1.807, 2.05) is 0 Å². The quantitative estimate of drug-likeness (QED) is 0.380. The fraction of sp³-hybridized carbons (Fsp3) is 0.333. The Morgan fingerprint density at radius 1 is 1.09 bits per heavy atom. The van der Waals surface area contributed by atoms with E-state index >= 15 is 0 Å². The third-order valence-corrected chi connectivity index (χ3v) is 7.07. The summed E-state index contributed by atoms with van der Waals surface area (Å²) in [6, 6.07) is 9.61. The number of piperidine rings is 1. The monoisotopic (exact) mass is 461 g/mol. The minimum Gasteiger partial charge on any atom is -0.452 e. The smallest absolute Gasteiger partial charge is 0.338 e.